The summed E-state index contributed by atoms with van der Waals surface area (Å²) in [6.45, 7) is 13.0. The summed E-state index contributed by atoms with van der Waals surface area (Å²) in [4.78, 5) is 23.9. The van der Waals surface area contributed by atoms with Gasteiger partial charge in [-0.25, -0.2) is 0 Å². The van der Waals surface area contributed by atoms with E-state index in [1.807, 2.05) is 6.92 Å². The first-order valence-electron chi connectivity index (χ1n) is 13.3. The summed E-state index contributed by atoms with van der Waals surface area (Å²) in [5.74, 6) is 0.798. The van der Waals surface area contributed by atoms with E-state index < -0.39 is 36.5 Å². The number of ether oxygens (including phenoxy) is 4. The van der Waals surface area contributed by atoms with Gasteiger partial charge in [0.25, 0.3) is 0 Å². The van der Waals surface area contributed by atoms with Gasteiger partial charge in [-0.15, -0.1) is 0 Å². The Kier molecular flexibility index (Phi) is 8.02. The van der Waals surface area contributed by atoms with Crippen molar-refractivity contribution in [1.29, 1.82) is 0 Å². The van der Waals surface area contributed by atoms with Crippen molar-refractivity contribution in [3.05, 3.63) is 33.9 Å². The number of benzene rings is 1. The van der Waals surface area contributed by atoms with Crippen LogP contribution >= 0.6 is 0 Å². The maximum absolute atomic E-state index is 12.3. The Morgan fingerprint density at radius 3 is 2.30 bits per heavy atom. The quantitative estimate of drug-likeness (QED) is 0.337. The van der Waals surface area contributed by atoms with Gasteiger partial charge in [0.15, 0.2) is 23.7 Å². The Bertz CT molecular complexity index is 1090. The smallest absolute Gasteiger partial charge is 0.308 e. The SMILES string of the molecule is CC(=O)Oc1c(OC2OCC(O)C(OC(C)=O)C2O)c(C)c2c3c1C(C)CCC3C(C)CC2C=C(C)C. The molecule has 0 spiro atoms. The molecule has 8 heteroatoms. The molecule has 0 bridgehead atoms. The van der Waals surface area contributed by atoms with E-state index in [0.29, 0.717) is 23.3 Å². The van der Waals surface area contributed by atoms with Gasteiger partial charge in [0.1, 0.15) is 6.10 Å². The molecule has 1 aromatic carbocycles. The highest BCUT2D eigenvalue weighted by atomic mass is 16.7. The molecule has 1 saturated heterocycles. The zero-order valence-electron chi connectivity index (χ0n) is 22.9. The lowest BCUT2D eigenvalue weighted by Gasteiger charge is -2.44. The minimum atomic E-state index is -1.44. The topological polar surface area (TPSA) is 112 Å². The van der Waals surface area contributed by atoms with E-state index in [1.165, 1.54) is 30.5 Å². The standard InChI is InChI=1S/C29H40O8/c1-13(2)10-19-11-15(4)20-9-8-14(3)22-24(20)23(19)16(5)26(28(22)36-18(7)31)37-29-25(33)27(35-17(6)30)21(32)12-34-29/h10,14-15,19-21,25,27,29,32-33H,8-9,11-12H2,1-7H3. The number of hydrogen-bond donors (Lipinski definition) is 2. The van der Waals surface area contributed by atoms with Crippen molar-refractivity contribution in [3.63, 3.8) is 0 Å². The van der Waals surface area contributed by atoms with E-state index in [4.69, 9.17) is 18.9 Å². The van der Waals surface area contributed by atoms with Crippen molar-refractivity contribution in [2.24, 2.45) is 5.92 Å². The second-order valence-electron chi connectivity index (χ2n) is 11.2. The monoisotopic (exact) mass is 516 g/mol. The fourth-order valence-electron chi connectivity index (χ4n) is 6.49. The summed E-state index contributed by atoms with van der Waals surface area (Å²) in [7, 11) is 0. The highest BCUT2D eigenvalue weighted by molar-refractivity contribution is 5.74. The maximum atomic E-state index is 12.3. The fourth-order valence-corrected chi connectivity index (χ4v) is 6.49. The fraction of sp³-hybridized carbons (Fsp3) is 0.655. The summed E-state index contributed by atoms with van der Waals surface area (Å²) in [6, 6.07) is 0. The third-order valence-corrected chi connectivity index (χ3v) is 7.98. The van der Waals surface area contributed by atoms with Gasteiger partial charge >= 0.3 is 11.9 Å². The Labute approximate surface area is 218 Å². The summed E-state index contributed by atoms with van der Waals surface area (Å²) in [6.07, 6.45) is 0.280. The molecule has 1 fully saturated rings. The molecular formula is C29H40O8. The Morgan fingerprint density at radius 2 is 1.68 bits per heavy atom. The first kappa shape index (κ1) is 27.6. The van der Waals surface area contributed by atoms with Crippen LogP contribution in [-0.4, -0.2) is 53.4 Å². The van der Waals surface area contributed by atoms with E-state index >= 15 is 0 Å². The van der Waals surface area contributed by atoms with Crippen LogP contribution < -0.4 is 9.47 Å². The van der Waals surface area contributed by atoms with E-state index in [9.17, 15) is 19.8 Å². The predicted molar refractivity (Wildman–Crippen MR) is 137 cm³/mol. The first-order valence-corrected chi connectivity index (χ1v) is 13.3. The van der Waals surface area contributed by atoms with Crippen molar-refractivity contribution in [2.45, 2.75) is 110 Å². The van der Waals surface area contributed by atoms with Gasteiger partial charge in [-0.05, 0) is 74.5 Å². The maximum Gasteiger partial charge on any atom is 0.308 e. The van der Waals surface area contributed by atoms with Crippen LogP contribution in [0.1, 0.15) is 101 Å². The molecule has 1 heterocycles. The predicted octanol–water partition coefficient (Wildman–Crippen LogP) is 4.38. The largest absolute Gasteiger partial charge is 0.458 e. The van der Waals surface area contributed by atoms with E-state index in [-0.39, 0.29) is 18.4 Å². The molecule has 2 N–H and O–H groups in total. The van der Waals surface area contributed by atoms with Crippen molar-refractivity contribution < 1.29 is 38.7 Å². The normalized spacial score (nSPS) is 32.7. The number of hydrogen-bond acceptors (Lipinski definition) is 8. The van der Waals surface area contributed by atoms with Crippen LogP contribution in [0.2, 0.25) is 0 Å². The van der Waals surface area contributed by atoms with E-state index in [2.05, 4.69) is 33.8 Å². The average Bonchev–Trinajstić information content (AvgIpc) is 2.79. The Hall–Kier alpha value is -2.42. The Morgan fingerprint density at radius 1 is 0.973 bits per heavy atom. The van der Waals surface area contributed by atoms with Crippen LogP contribution in [0.15, 0.2) is 11.6 Å². The Balaban J connectivity index is 1.89. The highest BCUT2D eigenvalue weighted by Crippen LogP contribution is 2.58. The molecule has 0 saturated carbocycles. The molecule has 8 atom stereocenters. The second-order valence-corrected chi connectivity index (χ2v) is 11.2. The molecule has 3 aliphatic rings. The molecule has 0 amide bonds. The molecule has 2 aliphatic carbocycles. The average molecular weight is 517 g/mol. The zero-order chi connectivity index (χ0) is 27.2. The van der Waals surface area contributed by atoms with Gasteiger partial charge in [-0.3, -0.25) is 9.59 Å². The third kappa shape index (κ3) is 5.29. The van der Waals surface area contributed by atoms with Gasteiger partial charge in [0.2, 0.25) is 6.29 Å². The molecular weight excluding hydrogens is 476 g/mol. The lowest BCUT2D eigenvalue weighted by molar-refractivity contribution is -0.249. The first-order chi connectivity index (χ1) is 17.4. The van der Waals surface area contributed by atoms with E-state index in [0.717, 1.165) is 30.4 Å². The van der Waals surface area contributed by atoms with Gasteiger partial charge in [0.05, 0.1) is 6.61 Å². The van der Waals surface area contributed by atoms with Crippen molar-refractivity contribution in [1.82, 2.24) is 0 Å². The van der Waals surface area contributed by atoms with Crippen molar-refractivity contribution >= 4 is 11.9 Å². The van der Waals surface area contributed by atoms with Crippen LogP contribution in [0, 0.1) is 12.8 Å². The van der Waals surface area contributed by atoms with Crippen LogP contribution in [0.4, 0.5) is 0 Å². The second kappa shape index (κ2) is 10.8. The third-order valence-electron chi connectivity index (χ3n) is 7.98. The van der Waals surface area contributed by atoms with Crippen molar-refractivity contribution in [3.8, 4) is 11.5 Å². The summed E-state index contributed by atoms with van der Waals surface area (Å²) >= 11 is 0. The summed E-state index contributed by atoms with van der Waals surface area (Å²) in [5, 5.41) is 21.2. The number of rotatable bonds is 5. The number of allylic oxidation sites excluding steroid dienone is 2. The van der Waals surface area contributed by atoms with Gasteiger partial charge in [-0.1, -0.05) is 25.5 Å². The summed E-state index contributed by atoms with van der Waals surface area (Å²) in [5.41, 5.74) is 5.51. The number of esters is 2. The van der Waals surface area contributed by atoms with Gasteiger partial charge < -0.3 is 29.2 Å². The van der Waals surface area contributed by atoms with Crippen LogP contribution in [0.5, 0.6) is 11.5 Å². The number of carbonyl (C=O) groups is 2. The van der Waals surface area contributed by atoms with Crippen LogP contribution in [0.3, 0.4) is 0 Å². The van der Waals surface area contributed by atoms with Gasteiger partial charge in [0, 0.05) is 25.3 Å². The summed E-state index contributed by atoms with van der Waals surface area (Å²) < 4.78 is 23.0. The number of carbonyl (C=O) groups excluding carboxylic acids is 2. The van der Waals surface area contributed by atoms with E-state index in [1.54, 1.807) is 0 Å². The molecule has 204 valence electrons. The molecule has 1 aromatic rings. The van der Waals surface area contributed by atoms with Crippen LogP contribution in [-0.2, 0) is 19.1 Å². The lowest BCUT2D eigenvalue weighted by Crippen LogP contribution is -2.56. The molecule has 37 heavy (non-hydrogen) atoms. The highest BCUT2D eigenvalue weighted by Gasteiger charge is 2.45. The zero-order valence-corrected chi connectivity index (χ0v) is 22.9. The minimum absolute atomic E-state index is 0.146. The minimum Gasteiger partial charge on any atom is -0.458 e. The van der Waals surface area contributed by atoms with Crippen molar-refractivity contribution in [2.75, 3.05) is 6.61 Å². The van der Waals surface area contributed by atoms with Crippen LogP contribution in [0.25, 0.3) is 0 Å². The molecule has 4 rings (SSSR count). The lowest BCUT2D eigenvalue weighted by atomic mass is 9.62. The number of aliphatic hydroxyl groups is 2. The molecule has 1 aliphatic heterocycles. The molecule has 0 radical (unpaired) electrons. The number of aliphatic hydroxyl groups excluding tert-OH is 2. The molecule has 0 aromatic heterocycles. The molecule has 8 nitrogen and oxygen atoms in total. The molecule has 8 unspecified atom stereocenters. The van der Waals surface area contributed by atoms with Gasteiger partial charge in [-0.2, -0.15) is 0 Å².